The van der Waals surface area contributed by atoms with Crippen LogP contribution in [0.3, 0.4) is 0 Å². The number of hydrogen-bond donors (Lipinski definition) is 0. The number of allylic oxidation sites excluding steroid dienone is 1. The third-order valence-corrected chi connectivity index (χ3v) is 0. The van der Waals surface area contributed by atoms with Crippen molar-refractivity contribution >= 4 is 0 Å². The van der Waals surface area contributed by atoms with Crippen LogP contribution in [0.2, 0.25) is 0 Å². The van der Waals surface area contributed by atoms with Crippen molar-refractivity contribution in [3.8, 4) is 0 Å². The van der Waals surface area contributed by atoms with E-state index in [4.69, 9.17) is 0 Å². The lowest BCUT2D eigenvalue weighted by molar-refractivity contribution is 1.42. The molecule has 0 saturated heterocycles. The first kappa shape index (κ1) is 15.6. The first-order valence-corrected chi connectivity index (χ1v) is 2.85. The van der Waals surface area contributed by atoms with Crippen molar-refractivity contribution in [2.75, 3.05) is 0 Å². The van der Waals surface area contributed by atoms with Gasteiger partial charge in [-0.15, -0.1) is 19.7 Å². The maximum atomic E-state index is 3.56. The van der Waals surface area contributed by atoms with E-state index < -0.39 is 0 Å². The molecule has 0 fully saturated rings. The van der Waals surface area contributed by atoms with Crippen LogP contribution in [-0.4, -0.2) is 0 Å². The highest BCUT2D eigenvalue weighted by Gasteiger charge is 1.51. The fourth-order valence-electron chi connectivity index (χ4n) is 0. The van der Waals surface area contributed by atoms with Crippen molar-refractivity contribution in [1.82, 2.24) is 0 Å². The van der Waals surface area contributed by atoms with Gasteiger partial charge in [0, 0.05) is 2.85 Å². The summed E-state index contributed by atoms with van der Waals surface area (Å²) in [4.78, 5) is 0. The molecule has 0 aromatic carbocycles. The van der Waals surface area contributed by atoms with E-state index in [-0.39, 0.29) is 2.85 Å². The smallest absolute Gasteiger partial charge is 0 e. The van der Waals surface area contributed by atoms with Crippen LogP contribution in [0.1, 0.15) is 30.5 Å². The van der Waals surface area contributed by atoms with E-state index in [0.717, 1.165) is 0 Å². The summed E-state index contributed by atoms with van der Waals surface area (Å²) in [6.45, 7) is 17.5. The third kappa shape index (κ3) is 407. The highest BCUT2D eigenvalue weighted by molar-refractivity contribution is 4.78. The first-order valence-electron chi connectivity index (χ1n) is 2.85. The second-order valence-electron chi connectivity index (χ2n) is 1.21. The zero-order valence-corrected chi connectivity index (χ0v) is 6.62. The minimum Gasteiger partial charge on any atom is -0.106 e. The molecule has 0 saturated carbocycles. The van der Waals surface area contributed by atoms with E-state index in [2.05, 4.69) is 19.7 Å². The second kappa shape index (κ2) is 31.6. The van der Waals surface area contributed by atoms with Crippen LogP contribution in [0, 0.1) is 0 Å². The van der Waals surface area contributed by atoms with E-state index in [1.54, 1.807) is 0 Å². The Bertz CT molecular complexity index is 38.5. The van der Waals surface area contributed by atoms with Gasteiger partial charge in [0.25, 0.3) is 0 Å². The Morgan fingerprint density at radius 1 is 1.12 bits per heavy atom. The molecule has 0 N–H and O–H groups in total. The first-order chi connectivity index (χ1) is 3.73. The molecule has 0 rings (SSSR count). The Morgan fingerprint density at radius 3 is 1.12 bits per heavy atom. The van der Waals surface area contributed by atoms with Gasteiger partial charge in [-0.05, 0) is 13.8 Å². The molecule has 0 spiro atoms. The molecule has 0 aromatic rings. The normalized spacial score (nSPS) is 4.50. The molecule has 0 radical (unpaired) electrons. The lowest BCUT2D eigenvalue weighted by Crippen LogP contribution is -1.43. The fourth-order valence-corrected chi connectivity index (χ4v) is 0. The quantitative estimate of drug-likeness (QED) is 0.423. The highest BCUT2D eigenvalue weighted by atomic mass is 13.6. The summed E-state index contributed by atoms with van der Waals surface area (Å²) in [5, 5.41) is 0. The van der Waals surface area contributed by atoms with E-state index in [1.807, 2.05) is 27.7 Å². The summed E-state index contributed by atoms with van der Waals surface area (Å²) in [6, 6.07) is 0. The summed E-state index contributed by atoms with van der Waals surface area (Å²) in [5.41, 5.74) is 1.17. The van der Waals surface area contributed by atoms with E-state index >= 15 is 0 Å². The van der Waals surface area contributed by atoms with Gasteiger partial charge in [0.05, 0.1) is 0 Å². The summed E-state index contributed by atoms with van der Waals surface area (Å²) < 4.78 is 0. The van der Waals surface area contributed by atoms with E-state index in [0.29, 0.717) is 0 Å². The zero-order valence-electron chi connectivity index (χ0n) is 6.62. The lowest BCUT2D eigenvalue weighted by atomic mass is 10.4. The molecule has 0 aliphatic carbocycles. The van der Waals surface area contributed by atoms with E-state index in [1.165, 1.54) is 5.57 Å². The zero-order chi connectivity index (χ0) is 7.58. The van der Waals surface area contributed by atoms with Crippen LogP contribution in [0.25, 0.3) is 0 Å². The Kier molecular flexibility index (Phi) is 61.9. The summed E-state index contributed by atoms with van der Waals surface area (Å²) in [5.74, 6) is 0. The molecular weight excluding hydrogens is 96.1 g/mol. The minimum atomic E-state index is 0. The SMILES string of the molecule is C=C.C=C(C)C.CC.[HH].[HH]. The van der Waals surface area contributed by atoms with Crippen LogP contribution in [0.5, 0.6) is 0 Å². The third-order valence-electron chi connectivity index (χ3n) is 0. The van der Waals surface area contributed by atoms with Crippen molar-refractivity contribution in [2.45, 2.75) is 27.7 Å². The van der Waals surface area contributed by atoms with Crippen LogP contribution >= 0.6 is 0 Å². The average Bonchev–Trinajstić information content (AvgIpc) is 1.75. The Balaban J connectivity index is -0.0000000125. The largest absolute Gasteiger partial charge is 0.106 e. The number of hydrogen-bond acceptors (Lipinski definition) is 0. The maximum absolute atomic E-state index is 3.56. The van der Waals surface area contributed by atoms with Crippen molar-refractivity contribution in [3.63, 3.8) is 0 Å². The minimum absolute atomic E-state index is 0. The molecule has 0 bridgehead atoms. The van der Waals surface area contributed by atoms with Gasteiger partial charge >= 0.3 is 0 Å². The van der Waals surface area contributed by atoms with Gasteiger partial charge in [0.15, 0.2) is 0 Å². The Hall–Kier alpha value is -0.520. The molecular formula is C8H22. The molecule has 0 aliphatic rings. The summed E-state index contributed by atoms with van der Waals surface area (Å²) in [7, 11) is 0. The molecule has 0 heteroatoms. The van der Waals surface area contributed by atoms with Crippen LogP contribution in [0.4, 0.5) is 0 Å². The van der Waals surface area contributed by atoms with Crippen LogP contribution < -0.4 is 0 Å². The van der Waals surface area contributed by atoms with Gasteiger partial charge in [-0.1, -0.05) is 19.4 Å². The monoisotopic (exact) mass is 118 g/mol. The van der Waals surface area contributed by atoms with Gasteiger partial charge < -0.3 is 0 Å². The van der Waals surface area contributed by atoms with Crippen molar-refractivity contribution in [1.29, 1.82) is 0 Å². The molecule has 0 unspecified atom stereocenters. The molecule has 54 valence electrons. The predicted octanol–water partition coefficient (Wildman–Crippen LogP) is 3.90. The molecule has 0 aliphatic heterocycles. The maximum Gasteiger partial charge on any atom is 0 e. The van der Waals surface area contributed by atoms with Gasteiger partial charge in [0.2, 0.25) is 0 Å². The molecule has 0 aromatic heterocycles. The van der Waals surface area contributed by atoms with E-state index in [9.17, 15) is 0 Å². The van der Waals surface area contributed by atoms with Gasteiger partial charge in [-0.25, -0.2) is 0 Å². The number of rotatable bonds is 0. The fraction of sp³-hybridized carbons (Fsp3) is 0.500. The lowest BCUT2D eigenvalue weighted by Gasteiger charge is -1.65. The van der Waals surface area contributed by atoms with Gasteiger partial charge in [-0.2, -0.15) is 0 Å². The molecule has 0 amide bonds. The second-order valence-corrected chi connectivity index (χ2v) is 1.21. The molecule has 0 atom stereocenters. The van der Waals surface area contributed by atoms with Crippen molar-refractivity contribution in [2.24, 2.45) is 0 Å². The molecule has 0 nitrogen and oxygen atoms in total. The van der Waals surface area contributed by atoms with Crippen molar-refractivity contribution in [3.05, 3.63) is 25.3 Å². The van der Waals surface area contributed by atoms with Crippen LogP contribution in [0.15, 0.2) is 25.3 Å². The Morgan fingerprint density at radius 2 is 1.12 bits per heavy atom. The van der Waals surface area contributed by atoms with Gasteiger partial charge in [0.1, 0.15) is 0 Å². The van der Waals surface area contributed by atoms with Gasteiger partial charge in [-0.3, -0.25) is 0 Å². The molecule has 0 heterocycles. The topological polar surface area (TPSA) is 0 Å². The predicted molar refractivity (Wildman–Crippen MR) is 47.3 cm³/mol. The highest BCUT2D eigenvalue weighted by Crippen LogP contribution is 1.73. The van der Waals surface area contributed by atoms with Crippen molar-refractivity contribution < 1.29 is 2.85 Å². The summed E-state index contributed by atoms with van der Waals surface area (Å²) in [6.07, 6.45) is 0. The standard InChI is InChI=1S/C4H8.C2H6.C2H4.2H2/c1-4(2)3;2*1-2;;/h1H2,2-3H3;1-2H3;1-2H2;2*1H. The van der Waals surface area contributed by atoms with Crippen LogP contribution in [-0.2, 0) is 0 Å². The average molecular weight is 118 g/mol. The summed E-state index contributed by atoms with van der Waals surface area (Å²) >= 11 is 0. The molecule has 8 heavy (non-hydrogen) atoms. The Labute approximate surface area is 56.9 Å².